The Labute approximate surface area is 159 Å². The molecule has 0 radical (unpaired) electrons. The number of hydrogen-bond donors (Lipinski definition) is 0. The summed E-state index contributed by atoms with van der Waals surface area (Å²) in [5.41, 5.74) is 1.84. The van der Waals surface area contributed by atoms with E-state index in [0.717, 1.165) is 65.4 Å². The number of piperazine rings is 1. The fourth-order valence-corrected chi connectivity index (χ4v) is 4.06. The summed E-state index contributed by atoms with van der Waals surface area (Å²) in [6, 6.07) is 10.1. The Morgan fingerprint density at radius 2 is 1.96 bits per heavy atom. The van der Waals surface area contributed by atoms with Crippen LogP contribution < -0.4 is 4.90 Å². The van der Waals surface area contributed by atoms with Crippen molar-refractivity contribution in [3.8, 4) is 0 Å². The third-order valence-electron chi connectivity index (χ3n) is 4.45. The lowest BCUT2D eigenvalue weighted by Gasteiger charge is -2.35. The normalized spacial score (nSPS) is 15.9. The Bertz CT molecular complexity index is 905. The second kappa shape index (κ2) is 6.94. The quantitative estimate of drug-likeness (QED) is 0.632. The van der Waals surface area contributed by atoms with Gasteiger partial charge in [-0.25, -0.2) is 4.98 Å². The van der Waals surface area contributed by atoms with E-state index in [0.29, 0.717) is 5.02 Å². The first kappa shape index (κ1) is 16.8. The Morgan fingerprint density at radius 1 is 1.16 bits per heavy atom. The predicted octanol–water partition coefficient (Wildman–Crippen LogP) is 4.27. The minimum atomic E-state index is 0.672. The average Bonchev–Trinajstić information content (AvgIpc) is 3.00. The fraction of sp³-hybridized carbons (Fsp3) is 0.333. The molecule has 1 fully saturated rings. The zero-order chi connectivity index (χ0) is 17.4. The van der Waals surface area contributed by atoms with Crippen LogP contribution in [0.25, 0.3) is 10.9 Å². The van der Waals surface area contributed by atoms with Gasteiger partial charge in [-0.2, -0.15) is 0 Å². The molecule has 25 heavy (non-hydrogen) atoms. The van der Waals surface area contributed by atoms with Gasteiger partial charge in [0.2, 0.25) is 0 Å². The molecule has 0 atom stereocenters. The van der Waals surface area contributed by atoms with Crippen LogP contribution in [0.1, 0.15) is 11.5 Å². The van der Waals surface area contributed by atoms with Gasteiger partial charge in [-0.15, -0.1) is 0 Å². The number of halogens is 2. The standard InChI is InChI=1S/C18H18BrClN4O/c1-12-8-15(22-25-12)11-23-4-6-24(7-5-23)17-3-2-13-9-14(19)10-16(20)18(13)21-17/h2-3,8-10H,4-7,11H2,1H3. The van der Waals surface area contributed by atoms with Crippen molar-refractivity contribution in [2.24, 2.45) is 0 Å². The van der Waals surface area contributed by atoms with Crippen molar-refractivity contribution >= 4 is 44.3 Å². The Morgan fingerprint density at radius 3 is 2.68 bits per heavy atom. The van der Waals surface area contributed by atoms with Crippen LogP contribution in [0, 0.1) is 6.92 Å². The van der Waals surface area contributed by atoms with Crippen molar-refractivity contribution in [1.29, 1.82) is 0 Å². The van der Waals surface area contributed by atoms with E-state index in [1.807, 2.05) is 25.1 Å². The van der Waals surface area contributed by atoms with Crippen molar-refractivity contribution in [3.63, 3.8) is 0 Å². The molecule has 5 nitrogen and oxygen atoms in total. The lowest BCUT2D eigenvalue weighted by molar-refractivity contribution is 0.241. The van der Waals surface area contributed by atoms with Gasteiger partial charge < -0.3 is 9.42 Å². The van der Waals surface area contributed by atoms with Crippen LogP contribution in [0.15, 0.2) is 39.3 Å². The molecule has 0 aliphatic carbocycles. The Hall–Kier alpha value is -1.63. The second-order valence-corrected chi connectivity index (χ2v) is 7.64. The highest BCUT2D eigenvalue weighted by atomic mass is 79.9. The molecule has 3 aromatic rings. The lowest BCUT2D eigenvalue weighted by Crippen LogP contribution is -2.46. The van der Waals surface area contributed by atoms with Crippen molar-refractivity contribution in [3.05, 3.63) is 51.3 Å². The van der Waals surface area contributed by atoms with E-state index in [-0.39, 0.29) is 0 Å². The summed E-state index contributed by atoms with van der Waals surface area (Å²) >= 11 is 9.83. The predicted molar refractivity (Wildman–Crippen MR) is 103 cm³/mol. The van der Waals surface area contributed by atoms with E-state index in [1.54, 1.807) is 0 Å². The van der Waals surface area contributed by atoms with Crippen molar-refractivity contribution < 1.29 is 4.52 Å². The summed E-state index contributed by atoms with van der Waals surface area (Å²) in [5, 5.41) is 5.79. The first-order valence-electron chi connectivity index (χ1n) is 8.24. The molecule has 1 aliphatic heterocycles. The number of aryl methyl sites for hydroxylation is 1. The summed E-state index contributed by atoms with van der Waals surface area (Å²) in [7, 11) is 0. The number of benzene rings is 1. The summed E-state index contributed by atoms with van der Waals surface area (Å²) in [4.78, 5) is 9.47. The van der Waals surface area contributed by atoms with E-state index in [1.165, 1.54) is 0 Å². The Kier molecular flexibility index (Phi) is 4.67. The van der Waals surface area contributed by atoms with E-state index in [9.17, 15) is 0 Å². The van der Waals surface area contributed by atoms with Gasteiger partial charge >= 0.3 is 0 Å². The van der Waals surface area contributed by atoms with Crippen LogP contribution in [0.2, 0.25) is 5.02 Å². The molecule has 1 aliphatic rings. The molecular weight excluding hydrogens is 404 g/mol. The van der Waals surface area contributed by atoms with Crippen molar-refractivity contribution in [2.75, 3.05) is 31.1 Å². The second-order valence-electron chi connectivity index (χ2n) is 6.32. The Balaban J connectivity index is 1.46. The minimum absolute atomic E-state index is 0.672. The highest BCUT2D eigenvalue weighted by Crippen LogP contribution is 2.29. The van der Waals surface area contributed by atoms with Crippen LogP contribution in [-0.4, -0.2) is 41.2 Å². The molecule has 4 rings (SSSR count). The highest BCUT2D eigenvalue weighted by molar-refractivity contribution is 9.10. The van der Waals surface area contributed by atoms with Gasteiger partial charge in [0.1, 0.15) is 11.6 Å². The maximum atomic E-state index is 6.35. The molecule has 3 heterocycles. The maximum absolute atomic E-state index is 6.35. The zero-order valence-corrected chi connectivity index (χ0v) is 16.2. The largest absolute Gasteiger partial charge is 0.361 e. The fourth-order valence-electron chi connectivity index (χ4n) is 3.18. The molecule has 130 valence electrons. The number of aromatic nitrogens is 2. The van der Waals surface area contributed by atoms with Crippen molar-refractivity contribution in [2.45, 2.75) is 13.5 Å². The van der Waals surface area contributed by atoms with E-state index in [2.05, 4.69) is 43.0 Å². The summed E-state index contributed by atoms with van der Waals surface area (Å²) < 4.78 is 6.11. The van der Waals surface area contributed by atoms with Gasteiger partial charge in [0.25, 0.3) is 0 Å². The SMILES string of the molecule is Cc1cc(CN2CCN(c3ccc4cc(Br)cc(Cl)c4n3)CC2)no1. The number of anilines is 1. The molecule has 0 N–H and O–H groups in total. The monoisotopic (exact) mass is 420 g/mol. The first-order chi connectivity index (χ1) is 12.1. The number of hydrogen-bond acceptors (Lipinski definition) is 5. The van der Waals surface area contributed by atoms with Gasteiger partial charge in [-0.1, -0.05) is 32.7 Å². The summed E-state index contributed by atoms with van der Waals surface area (Å²) in [5.74, 6) is 1.84. The minimum Gasteiger partial charge on any atom is -0.361 e. The average molecular weight is 422 g/mol. The third-order valence-corrected chi connectivity index (χ3v) is 5.20. The number of fused-ring (bicyclic) bond motifs is 1. The van der Waals surface area contributed by atoms with Gasteiger partial charge in [0.05, 0.1) is 16.2 Å². The van der Waals surface area contributed by atoms with Crippen LogP contribution in [0.4, 0.5) is 5.82 Å². The first-order valence-corrected chi connectivity index (χ1v) is 9.41. The lowest BCUT2D eigenvalue weighted by atomic mass is 10.2. The molecule has 1 saturated heterocycles. The molecule has 0 saturated carbocycles. The third kappa shape index (κ3) is 3.66. The molecule has 0 amide bonds. The molecule has 1 aromatic carbocycles. The summed E-state index contributed by atoms with van der Waals surface area (Å²) in [6.07, 6.45) is 0. The summed E-state index contributed by atoms with van der Waals surface area (Å²) in [6.45, 7) is 6.56. The van der Waals surface area contributed by atoms with Gasteiger partial charge in [0, 0.05) is 48.6 Å². The van der Waals surface area contributed by atoms with E-state index < -0.39 is 0 Å². The van der Waals surface area contributed by atoms with Crippen molar-refractivity contribution in [1.82, 2.24) is 15.0 Å². The van der Waals surface area contributed by atoms with E-state index >= 15 is 0 Å². The molecular formula is C18H18BrClN4O. The van der Waals surface area contributed by atoms with Gasteiger partial charge in [0.15, 0.2) is 0 Å². The van der Waals surface area contributed by atoms with Crippen LogP contribution in [-0.2, 0) is 6.54 Å². The smallest absolute Gasteiger partial charge is 0.133 e. The molecule has 7 heteroatoms. The number of nitrogens with zero attached hydrogens (tertiary/aromatic N) is 4. The van der Waals surface area contributed by atoms with Crippen LogP contribution in [0.3, 0.4) is 0 Å². The van der Waals surface area contributed by atoms with E-state index in [4.69, 9.17) is 21.1 Å². The zero-order valence-electron chi connectivity index (χ0n) is 13.9. The molecule has 2 aromatic heterocycles. The van der Waals surface area contributed by atoms with Gasteiger partial charge in [-0.3, -0.25) is 4.90 Å². The molecule has 0 bridgehead atoms. The van der Waals surface area contributed by atoms with Crippen LogP contribution >= 0.6 is 27.5 Å². The molecule has 0 unspecified atom stereocenters. The van der Waals surface area contributed by atoms with Gasteiger partial charge in [-0.05, 0) is 31.2 Å². The topological polar surface area (TPSA) is 45.4 Å². The number of pyridine rings is 1. The maximum Gasteiger partial charge on any atom is 0.133 e. The number of rotatable bonds is 3. The molecule has 0 spiro atoms. The highest BCUT2D eigenvalue weighted by Gasteiger charge is 2.19. The van der Waals surface area contributed by atoms with Crippen LogP contribution in [0.5, 0.6) is 0 Å².